The summed E-state index contributed by atoms with van der Waals surface area (Å²) in [6.07, 6.45) is 6.83. The predicted molar refractivity (Wildman–Crippen MR) is 83.7 cm³/mol. The largest absolute Gasteiger partial charge is 0.308 e. The molecule has 0 aliphatic heterocycles. The van der Waals surface area contributed by atoms with Crippen LogP contribution in [0.1, 0.15) is 70.5 Å². The lowest BCUT2D eigenvalue weighted by Crippen LogP contribution is -2.28. The van der Waals surface area contributed by atoms with Crippen LogP contribution in [0.4, 0.5) is 0 Å². The zero-order valence-electron chi connectivity index (χ0n) is 12.8. The molecule has 2 unspecified atom stereocenters. The van der Waals surface area contributed by atoms with Crippen molar-refractivity contribution in [1.82, 2.24) is 10.3 Å². The summed E-state index contributed by atoms with van der Waals surface area (Å²) in [4.78, 5) is 4.76. The van der Waals surface area contributed by atoms with Gasteiger partial charge in [0.05, 0.1) is 5.69 Å². The summed E-state index contributed by atoms with van der Waals surface area (Å²) in [5, 5.41) is 7.16. The van der Waals surface area contributed by atoms with Gasteiger partial charge in [-0.1, -0.05) is 40.5 Å². The zero-order chi connectivity index (χ0) is 13.9. The van der Waals surface area contributed by atoms with E-state index in [2.05, 4.69) is 38.4 Å². The number of rotatable bonds is 3. The van der Waals surface area contributed by atoms with Crippen LogP contribution in [0.5, 0.6) is 0 Å². The fourth-order valence-corrected chi connectivity index (χ4v) is 3.63. The summed E-state index contributed by atoms with van der Waals surface area (Å²) in [6, 6.07) is 0.701. The molecule has 1 fully saturated rings. The summed E-state index contributed by atoms with van der Waals surface area (Å²) in [7, 11) is 0. The topological polar surface area (TPSA) is 24.9 Å². The molecule has 0 saturated heterocycles. The molecule has 0 aromatic carbocycles. The van der Waals surface area contributed by atoms with Crippen LogP contribution in [0, 0.1) is 5.92 Å². The van der Waals surface area contributed by atoms with E-state index in [4.69, 9.17) is 4.98 Å². The third kappa shape index (κ3) is 4.57. The minimum absolute atomic E-state index is 0.173. The molecular weight excluding hydrogens is 252 g/mol. The molecule has 2 nitrogen and oxygen atoms in total. The van der Waals surface area contributed by atoms with Gasteiger partial charge in [-0.3, -0.25) is 0 Å². The van der Waals surface area contributed by atoms with E-state index in [1.54, 1.807) is 11.3 Å². The van der Waals surface area contributed by atoms with Gasteiger partial charge in [0.1, 0.15) is 5.01 Å². The normalized spacial score (nSPS) is 25.3. The van der Waals surface area contributed by atoms with Crippen molar-refractivity contribution in [3.05, 3.63) is 16.1 Å². The monoisotopic (exact) mass is 280 g/mol. The number of hydrogen-bond donors (Lipinski definition) is 1. The Bertz CT molecular complexity index is 392. The molecule has 1 aromatic rings. The van der Waals surface area contributed by atoms with Crippen LogP contribution in [0.15, 0.2) is 5.38 Å². The molecule has 1 aliphatic carbocycles. The van der Waals surface area contributed by atoms with Gasteiger partial charge in [-0.05, 0) is 25.2 Å². The van der Waals surface area contributed by atoms with Gasteiger partial charge in [-0.25, -0.2) is 4.98 Å². The highest BCUT2D eigenvalue weighted by Crippen LogP contribution is 2.25. The van der Waals surface area contributed by atoms with Crippen LogP contribution in [0.25, 0.3) is 0 Å². The van der Waals surface area contributed by atoms with E-state index >= 15 is 0 Å². The molecule has 1 aliphatic rings. The Kier molecular flexibility index (Phi) is 5.02. The first-order chi connectivity index (χ1) is 8.95. The lowest BCUT2D eigenvalue weighted by Gasteiger charge is -2.16. The van der Waals surface area contributed by atoms with Crippen molar-refractivity contribution >= 4 is 11.3 Å². The molecule has 2 atom stereocenters. The lowest BCUT2D eigenvalue weighted by atomic mass is 9.93. The van der Waals surface area contributed by atoms with Gasteiger partial charge in [-0.15, -0.1) is 11.3 Å². The van der Waals surface area contributed by atoms with Crippen molar-refractivity contribution in [2.24, 2.45) is 5.92 Å². The van der Waals surface area contributed by atoms with Gasteiger partial charge in [0, 0.05) is 23.4 Å². The Hall–Kier alpha value is -0.410. The van der Waals surface area contributed by atoms with Gasteiger partial charge < -0.3 is 5.32 Å². The van der Waals surface area contributed by atoms with Crippen LogP contribution in [-0.2, 0) is 12.0 Å². The first-order valence-electron chi connectivity index (χ1n) is 7.63. The fraction of sp³-hybridized carbons (Fsp3) is 0.812. The number of hydrogen-bond acceptors (Lipinski definition) is 3. The number of aromatic nitrogens is 1. The molecule has 2 rings (SSSR count). The maximum absolute atomic E-state index is 4.76. The molecule has 3 heteroatoms. The Balaban J connectivity index is 1.83. The molecule has 1 aromatic heterocycles. The zero-order valence-corrected chi connectivity index (χ0v) is 13.6. The number of nitrogens with one attached hydrogen (secondary N) is 1. The van der Waals surface area contributed by atoms with Crippen molar-refractivity contribution in [3.8, 4) is 0 Å². The van der Waals surface area contributed by atoms with E-state index in [-0.39, 0.29) is 5.41 Å². The maximum atomic E-state index is 4.76. The molecule has 1 heterocycles. The molecule has 0 amide bonds. The minimum Gasteiger partial charge on any atom is -0.308 e. The summed E-state index contributed by atoms with van der Waals surface area (Å²) in [5.74, 6) is 0.916. The Morgan fingerprint density at radius 2 is 2.05 bits per heavy atom. The van der Waals surface area contributed by atoms with E-state index in [1.165, 1.54) is 42.8 Å². The molecule has 0 bridgehead atoms. The second-order valence-corrected chi connectivity index (χ2v) is 8.01. The second kappa shape index (κ2) is 6.36. The molecule has 108 valence electrons. The quantitative estimate of drug-likeness (QED) is 0.825. The van der Waals surface area contributed by atoms with Crippen molar-refractivity contribution < 1.29 is 0 Å². The summed E-state index contributed by atoms with van der Waals surface area (Å²) >= 11 is 1.80. The summed E-state index contributed by atoms with van der Waals surface area (Å²) in [5.41, 5.74) is 1.40. The van der Waals surface area contributed by atoms with E-state index in [0.29, 0.717) is 6.04 Å². The lowest BCUT2D eigenvalue weighted by molar-refractivity contribution is 0.446. The van der Waals surface area contributed by atoms with Crippen LogP contribution in [-0.4, -0.2) is 11.0 Å². The molecule has 1 N–H and O–H groups in total. The molecule has 1 saturated carbocycles. The van der Waals surface area contributed by atoms with Crippen molar-refractivity contribution in [2.75, 3.05) is 0 Å². The fourth-order valence-electron chi connectivity index (χ4n) is 2.66. The summed E-state index contributed by atoms with van der Waals surface area (Å²) < 4.78 is 0. The second-order valence-electron chi connectivity index (χ2n) is 7.07. The highest BCUT2D eigenvalue weighted by atomic mass is 32.1. The maximum Gasteiger partial charge on any atom is 0.107 e. The number of nitrogens with zero attached hydrogens (tertiary/aromatic N) is 1. The SMILES string of the molecule is CC1CCCC(NCc2nc(C(C)(C)C)cs2)CC1. The van der Waals surface area contributed by atoms with E-state index in [9.17, 15) is 0 Å². The van der Waals surface area contributed by atoms with Crippen LogP contribution in [0.3, 0.4) is 0 Å². The smallest absolute Gasteiger partial charge is 0.107 e. The first kappa shape index (κ1) is 15.0. The average Bonchev–Trinajstić information content (AvgIpc) is 2.71. The third-order valence-corrected chi connectivity index (χ3v) is 4.97. The predicted octanol–water partition coefficient (Wildman–Crippen LogP) is 4.50. The highest BCUT2D eigenvalue weighted by molar-refractivity contribution is 7.09. The molecular formula is C16H28N2S. The van der Waals surface area contributed by atoms with Crippen LogP contribution in [0.2, 0.25) is 0 Å². The van der Waals surface area contributed by atoms with Crippen molar-refractivity contribution in [2.45, 2.75) is 77.8 Å². The molecule has 19 heavy (non-hydrogen) atoms. The van der Waals surface area contributed by atoms with Crippen molar-refractivity contribution in [1.29, 1.82) is 0 Å². The molecule has 0 spiro atoms. The van der Waals surface area contributed by atoms with Gasteiger partial charge in [-0.2, -0.15) is 0 Å². The first-order valence-corrected chi connectivity index (χ1v) is 8.51. The average molecular weight is 280 g/mol. The minimum atomic E-state index is 0.173. The van der Waals surface area contributed by atoms with Crippen molar-refractivity contribution in [3.63, 3.8) is 0 Å². The number of thiazole rings is 1. The van der Waals surface area contributed by atoms with Gasteiger partial charge in [0.15, 0.2) is 0 Å². The Morgan fingerprint density at radius 1 is 1.26 bits per heavy atom. The van der Waals surface area contributed by atoms with Gasteiger partial charge >= 0.3 is 0 Å². The Morgan fingerprint density at radius 3 is 2.74 bits per heavy atom. The standard InChI is InChI=1S/C16H28N2S/c1-12-6-5-7-13(9-8-12)17-10-15-18-14(11-19-15)16(2,3)4/h11-13,17H,5-10H2,1-4H3. The van der Waals surface area contributed by atoms with E-state index in [0.717, 1.165) is 12.5 Å². The highest BCUT2D eigenvalue weighted by Gasteiger charge is 2.19. The Labute approximate surface area is 122 Å². The van der Waals surface area contributed by atoms with Gasteiger partial charge in [0.2, 0.25) is 0 Å². The van der Waals surface area contributed by atoms with E-state index in [1.807, 2.05) is 0 Å². The van der Waals surface area contributed by atoms with Crippen LogP contribution < -0.4 is 5.32 Å². The van der Waals surface area contributed by atoms with E-state index < -0.39 is 0 Å². The van der Waals surface area contributed by atoms with Gasteiger partial charge in [0.25, 0.3) is 0 Å². The summed E-state index contributed by atoms with van der Waals surface area (Å²) in [6.45, 7) is 10.0. The third-order valence-electron chi connectivity index (χ3n) is 4.12. The van der Waals surface area contributed by atoms with Crippen LogP contribution >= 0.6 is 11.3 Å². The molecule has 0 radical (unpaired) electrons.